The molecule has 2 aliphatic rings. The third kappa shape index (κ3) is 4.54. The molecule has 3 heterocycles. The SMILES string of the molecule is CN1CCC2(CC1)CC(NC(=O)Cn1[nH]c(=O)ccc1=O)c1ccccc1O2.Cl. The third-order valence-electron chi connectivity index (χ3n) is 5.62. The number of halogens is 1. The van der Waals surface area contributed by atoms with Crippen LogP contribution in [0, 0.1) is 0 Å². The molecule has 0 saturated carbocycles. The lowest BCUT2D eigenvalue weighted by atomic mass is 9.80. The molecule has 1 amide bonds. The van der Waals surface area contributed by atoms with Crippen LogP contribution in [0.4, 0.5) is 0 Å². The average molecular weight is 421 g/mol. The minimum Gasteiger partial charge on any atom is -0.487 e. The molecule has 4 rings (SSSR count). The van der Waals surface area contributed by atoms with E-state index in [0.717, 1.165) is 54.1 Å². The molecule has 1 aromatic heterocycles. The molecule has 156 valence electrons. The van der Waals surface area contributed by atoms with E-state index in [1.807, 2.05) is 24.3 Å². The molecule has 1 aromatic carbocycles. The second kappa shape index (κ2) is 8.42. The summed E-state index contributed by atoms with van der Waals surface area (Å²) in [6, 6.07) is 9.85. The first-order valence-electron chi connectivity index (χ1n) is 9.50. The van der Waals surface area contributed by atoms with Gasteiger partial charge in [0.25, 0.3) is 11.1 Å². The van der Waals surface area contributed by atoms with Gasteiger partial charge in [-0.3, -0.25) is 19.5 Å². The molecule has 9 heteroatoms. The summed E-state index contributed by atoms with van der Waals surface area (Å²) in [5, 5.41) is 5.42. The molecule has 1 fully saturated rings. The highest BCUT2D eigenvalue weighted by atomic mass is 35.5. The molecule has 1 spiro atoms. The average Bonchev–Trinajstić information content (AvgIpc) is 2.67. The Hall–Kier alpha value is -2.58. The lowest BCUT2D eigenvalue weighted by Gasteiger charge is -2.46. The van der Waals surface area contributed by atoms with Gasteiger partial charge in [-0.1, -0.05) is 18.2 Å². The van der Waals surface area contributed by atoms with Crippen LogP contribution in [-0.2, 0) is 11.3 Å². The molecule has 0 radical (unpaired) electrons. The predicted octanol–water partition coefficient (Wildman–Crippen LogP) is 1.06. The van der Waals surface area contributed by atoms with Crippen molar-refractivity contribution in [2.75, 3.05) is 20.1 Å². The zero-order valence-corrected chi connectivity index (χ0v) is 17.0. The number of ether oxygens (including phenoxy) is 1. The number of hydrogen-bond donors (Lipinski definition) is 2. The minimum atomic E-state index is -0.422. The largest absolute Gasteiger partial charge is 0.487 e. The normalized spacial score (nSPS) is 20.2. The van der Waals surface area contributed by atoms with Gasteiger partial charge in [-0.25, -0.2) is 4.68 Å². The maximum absolute atomic E-state index is 12.6. The van der Waals surface area contributed by atoms with Crippen LogP contribution < -0.4 is 21.2 Å². The second-order valence-electron chi connectivity index (χ2n) is 7.68. The fourth-order valence-corrected chi connectivity index (χ4v) is 4.04. The molecule has 29 heavy (non-hydrogen) atoms. The summed E-state index contributed by atoms with van der Waals surface area (Å²) in [6.45, 7) is 1.66. The van der Waals surface area contributed by atoms with E-state index in [1.165, 1.54) is 0 Å². The van der Waals surface area contributed by atoms with Crippen molar-refractivity contribution >= 4 is 18.3 Å². The quantitative estimate of drug-likeness (QED) is 0.774. The Labute approximate surface area is 174 Å². The van der Waals surface area contributed by atoms with Crippen LogP contribution in [0.15, 0.2) is 46.0 Å². The topological polar surface area (TPSA) is 96.4 Å². The van der Waals surface area contributed by atoms with Gasteiger partial charge in [0.15, 0.2) is 0 Å². The van der Waals surface area contributed by atoms with E-state index in [0.29, 0.717) is 6.42 Å². The van der Waals surface area contributed by atoms with E-state index >= 15 is 0 Å². The number of aromatic amines is 1. The molecular formula is C20H25ClN4O4. The van der Waals surface area contributed by atoms with Gasteiger partial charge in [-0.05, 0) is 26.0 Å². The molecule has 8 nitrogen and oxygen atoms in total. The Balaban J connectivity index is 0.00000240. The van der Waals surface area contributed by atoms with Crippen LogP contribution in [0.2, 0.25) is 0 Å². The number of benzene rings is 1. The Morgan fingerprint density at radius 2 is 1.93 bits per heavy atom. The summed E-state index contributed by atoms with van der Waals surface area (Å²) in [5.41, 5.74) is -0.200. The number of para-hydroxylation sites is 1. The van der Waals surface area contributed by atoms with Gasteiger partial charge in [0.1, 0.15) is 17.9 Å². The zero-order valence-electron chi connectivity index (χ0n) is 16.2. The summed E-state index contributed by atoms with van der Waals surface area (Å²) in [4.78, 5) is 38.2. The number of rotatable bonds is 3. The Kier molecular flexibility index (Phi) is 6.14. The van der Waals surface area contributed by atoms with E-state index in [-0.39, 0.29) is 36.5 Å². The van der Waals surface area contributed by atoms with Crippen LogP contribution in [0.25, 0.3) is 0 Å². The maximum atomic E-state index is 12.6. The van der Waals surface area contributed by atoms with Gasteiger partial charge in [0.05, 0.1) is 6.04 Å². The van der Waals surface area contributed by atoms with Gasteiger partial charge >= 0.3 is 0 Å². The van der Waals surface area contributed by atoms with Crippen molar-refractivity contribution in [1.82, 2.24) is 20.0 Å². The molecular weight excluding hydrogens is 396 g/mol. The molecule has 2 aromatic rings. The van der Waals surface area contributed by atoms with E-state index < -0.39 is 11.1 Å². The van der Waals surface area contributed by atoms with Crippen molar-refractivity contribution in [2.45, 2.75) is 37.5 Å². The Bertz CT molecular complexity index is 994. The van der Waals surface area contributed by atoms with Crippen LogP contribution in [0.1, 0.15) is 30.9 Å². The number of fused-ring (bicyclic) bond motifs is 1. The number of nitrogens with zero attached hydrogens (tertiary/aromatic N) is 2. The smallest absolute Gasteiger partial charge is 0.265 e. The molecule has 0 aliphatic carbocycles. The first-order valence-corrected chi connectivity index (χ1v) is 9.50. The van der Waals surface area contributed by atoms with Crippen molar-refractivity contribution in [3.63, 3.8) is 0 Å². The molecule has 0 bridgehead atoms. The number of H-pyrrole nitrogens is 1. The van der Waals surface area contributed by atoms with Crippen molar-refractivity contribution < 1.29 is 9.53 Å². The number of hydrogen-bond acceptors (Lipinski definition) is 5. The number of carbonyl (C=O) groups is 1. The van der Waals surface area contributed by atoms with E-state index in [1.54, 1.807) is 0 Å². The van der Waals surface area contributed by atoms with Crippen molar-refractivity contribution in [2.24, 2.45) is 0 Å². The van der Waals surface area contributed by atoms with Gasteiger partial charge in [-0.2, -0.15) is 0 Å². The highest BCUT2D eigenvalue weighted by Crippen LogP contribution is 2.44. The minimum absolute atomic E-state index is 0. The van der Waals surface area contributed by atoms with Gasteiger partial charge in [0.2, 0.25) is 5.91 Å². The fourth-order valence-electron chi connectivity index (χ4n) is 4.04. The Morgan fingerprint density at radius 3 is 2.69 bits per heavy atom. The third-order valence-corrected chi connectivity index (χ3v) is 5.62. The molecule has 2 aliphatic heterocycles. The lowest BCUT2D eigenvalue weighted by Crippen LogP contribution is -2.51. The summed E-state index contributed by atoms with van der Waals surface area (Å²) < 4.78 is 7.42. The van der Waals surface area contributed by atoms with Crippen LogP contribution >= 0.6 is 12.4 Å². The monoisotopic (exact) mass is 420 g/mol. The van der Waals surface area contributed by atoms with E-state index in [4.69, 9.17) is 4.74 Å². The van der Waals surface area contributed by atoms with Gasteiger partial charge in [0, 0.05) is 37.2 Å². The zero-order chi connectivity index (χ0) is 19.7. The summed E-state index contributed by atoms with van der Waals surface area (Å²) in [7, 11) is 2.10. The second-order valence-corrected chi connectivity index (χ2v) is 7.68. The van der Waals surface area contributed by atoms with Gasteiger partial charge < -0.3 is 15.0 Å². The van der Waals surface area contributed by atoms with Crippen LogP contribution in [-0.4, -0.2) is 46.3 Å². The number of likely N-dealkylation sites (tertiary alicyclic amines) is 1. The van der Waals surface area contributed by atoms with Gasteiger partial charge in [-0.15, -0.1) is 12.4 Å². The van der Waals surface area contributed by atoms with E-state index in [9.17, 15) is 14.4 Å². The van der Waals surface area contributed by atoms with Crippen LogP contribution in [0.5, 0.6) is 5.75 Å². The Morgan fingerprint density at radius 1 is 1.21 bits per heavy atom. The molecule has 1 saturated heterocycles. The summed E-state index contributed by atoms with van der Waals surface area (Å²) in [6.07, 6.45) is 2.48. The first-order chi connectivity index (χ1) is 13.4. The molecule has 1 unspecified atom stereocenters. The molecule has 1 atom stereocenters. The number of amides is 1. The van der Waals surface area contributed by atoms with Crippen molar-refractivity contribution in [1.29, 1.82) is 0 Å². The highest BCUT2D eigenvalue weighted by molar-refractivity contribution is 5.85. The predicted molar refractivity (Wildman–Crippen MR) is 111 cm³/mol. The van der Waals surface area contributed by atoms with Crippen LogP contribution in [0.3, 0.4) is 0 Å². The summed E-state index contributed by atoms with van der Waals surface area (Å²) >= 11 is 0. The number of nitrogens with one attached hydrogen (secondary N) is 2. The lowest BCUT2D eigenvalue weighted by molar-refractivity contribution is -0.123. The number of piperidine rings is 1. The maximum Gasteiger partial charge on any atom is 0.265 e. The standard InChI is InChI=1S/C20H24N4O4.ClH/c1-23-10-8-20(9-11-23)12-15(14-4-2-3-5-16(14)28-20)21-18(26)13-24-19(27)7-6-17(25)22-24;/h2-7,15H,8-13H2,1H3,(H,21,26)(H,22,25);1H. The number of carbonyl (C=O) groups excluding carboxylic acids is 1. The first kappa shape index (κ1) is 21.1. The highest BCUT2D eigenvalue weighted by Gasteiger charge is 2.43. The van der Waals surface area contributed by atoms with Crippen molar-refractivity contribution in [3.8, 4) is 5.75 Å². The van der Waals surface area contributed by atoms with E-state index in [2.05, 4.69) is 22.4 Å². The molecule has 2 N–H and O–H groups in total. The summed E-state index contributed by atoms with van der Waals surface area (Å²) in [5.74, 6) is 0.475. The number of aromatic nitrogens is 2. The fraction of sp³-hybridized carbons (Fsp3) is 0.450. The van der Waals surface area contributed by atoms with Crippen molar-refractivity contribution in [3.05, 3.63) is 62.7 Å².